The third-order valence-electron chi connectivity index (χ3n) is 1.16. The van der Waals surface area contributed by atoms with Gasteiger partial charge in [0.15, 0.2) is 5.12 Å². The van der Waals surface area contributed by atoms with Crippen molar-refractivity contribution in [1.29, 1.82) is 0 Å². The maximum absolute atomic E-state index is 10.9. The summed E-state index contributed by atoms with van der Waals surface area (Å²) in [4.78, 5) is 10.9. The fourth-order valence-corrected chi connectivity index (χ4v) is 1.29. The average molecular weight is 170 g/mol. The molecular formula is C9H14OS. The molecule has 0 radical (unpaired) electrons. The van der Waals surface area contributed by atoms with Crippen molar-refractivity contribution in [2.45, 2.75) is 33.1 Å². The second-order valence-corrected chi connectivity index (χ2v) is 3.41. The van der Waals surface area contributed by atoms with E-state index in [0.717, 1.165) is 18.6 Å². The molecule has 0 aliphatic rings. The maximum Gasteiger partial charge on any atom is 0.188 e. The van der Waals surface area contributed by atoms with Gasteiger partial charge in [-0.25, -0.2) is 0 Å². The van der Waals surface area contributed by atoms with Crippen molar-refractivity contribution in [3.8, 4) is 11.8 Å². The SMILES string of the molecule is CC#CCCCC(=O)SCC. The number of carbonyl (C=O) groups excluding carboxylic acids is 1. The van der Waals surface area contributed by atoms with E-state index >= 15 is 0 Å². The van der Waals surface area contributed by atoms with Gasteiger partial charge in [0.1, 0.15) is 0 Å². The first-order chi connectivity index (χ1) is 5.31. The molecular weight excluding hydrogens is 156 g/mol. The van der Waals surface area contributed by atoms with Crippen LogP contribution in [-0.2, 0) is 4.79 Å². The van der Waals surface area contributed by atoms with E-state index in [-0.39, 0.29) is 0 Å². The van der Waals surface area contributed by atoms with Crippen LogP contribution in [0.2, 0.25) is 0 Å². The molecule has 0 fully saturated rings. The second kappa shape index (κ2) is 7.68. The molecule has 0 aliphatic heterocycles. The predicted octanol–water partition coefficient (Wildman–Crippen LogP) is 2.46. The molecule has 0 aromatic heterocycles. The highest BCUT2D eigenvalue weighted by Crippen LogP contribution is 2.07. The first-order valence-corrected chi connectivity index (χ1v) is 4.85. The standard InChI is InChI=1S/C9H14OS/c1-3-5-6-7-8-9(10)11-4-2/h4,6-8H2,1-2H3. The van der Waals surface area contributed by atoms with E-state index in [1.54, 1.807) is 0 Å². The van der Waals surface area contributed by atoms with Gasteiger partial charge in [0.2, 0.25) is 0 Å². The zero-order valence-electron chi connectivity index (χ0n) is 7.14. The topological polar surface area (TPSA) is 17.1 Å². The lowest BCUT2D eigenvalue weighted by Gasteiger charge is -1.93. The molecule has 0 saturated heterocycles. The number of carbonyl (C=O) groups is 1. The van der Waals surface area contributed by atoms with Crippen molar-refractivity contribution in [1.82, 2.24) is 0 Å². The quantitative estimate of drug-likeness (QED) is 0.476. The number of unbranched alkanes of at least 4 members (excludes halogenated alkanes) is 1. The first kappa shape index (κ1) is 10.6. The van der Waals surface area contributed by atoms with Crippen LogP contribution in [-0.4, -0.2) is 10.9 Å². The Kier molecular flexibility index (Phi) is 7.39. The fraction of sp³-hybridized carbons (Fsp3) is 0.667. The van der Waals surface area contributed by atoms with E-state index in [9.17, 15) is 4.79 Å². The number of hydrogen-bond acceptors (Lipinski definition) is 2. The highest BCUT2D eigenvalue weighted by atomic mass is 32.2. The lowest BCUT2D eigenvalue weighted by Crippen LogP contribution is -1.90. The van der Waals surface area contributed by atoms with Gasteiger partial charge < -0.3 is 0 Å². The molecule has 0 spiro atoms. The molecule has 0 amide bonds. The van der Waals surface area contributed by atoms with Gasteiger partial charge >= 0.3 is 0 Å². The number of thioether (sulfide) groups is 1. The summed E-state index contributed by atoms with van der Waals surface area (Å²) < 4.78 is 0. The highest BCUT2D eigenvalue weighted by Gasteiger charge is 1.98. The number of hydrogen-bond donors (Lipinski definition) is 0. The van der Waals surface area contributed by atoms with Crippen molar-refractivity contribution in [3.63, 3.8) is 0 Å². The molecule has 0 saturated carbocycles. The molecule has 0 bridgehead atoms. The first-order valence-electron chi connectivity index (χ1n) is 3.86. The van der Waals surface area contributed by atoms with Crippen LogP contribution in [0.25, 0.3) is 0 Å². The van der Waals surface area contributed by atoms with Crippen LogP contribution in [0, 0.1) is 11.8 Å². The monoisotopic (exact) mass is 170 g/mol. The largest absolute Gasteiger partial charge is 0.287 e. The smallest absolute Gasteiger partial charge is 0.188 e. The summed E-state index contributed by atoms with van der Waals surface area (Å²) in [6.45, 7) is 3.82. The molecule has 0 unspecified atom stereocenters. The minimum atomic E-state index is 0.297. The lowest BCUT2D eigenvalue weighted by atomic mass is 10.2. The van der Waals surface area contributed by atoms with Crippen LogP contribution in [0.15, 0.2) is 0 Å². The summed E-state index contributed by atoms with van der Waals surface area (Å²) in [6, 6.07) is 0. The Labute approximate surface area is 72.9 Å². The van der Waals surface area contributed by atoms with E-state index in [2.05, 4.69) is 11.8 Å². The van der Waals surface area contributed by atoms with E-state index in [1.165, 1.54) is 11.8 Å². The van der Waals surface area contributed by atoms with Crippen molar-refractivity contribution in [2.75, 3.05) is 5.75 Å². The molecule has 62 valence electrons. The van der Waals surface area contributed by atoms with Crippen molar-refractivity contribution in [2.24, 2.45) is 0 Å². The van der Waals surface area contributed by atoms with Gasteiger partial charge in [0.25, 0.3) is 0 Å². The van der Waals surface area contributed by atoms with E-state index in [4.69, 9.17) is 0 Å². The summed E-state index contributed by atoms with van der Waals surface area (Å²) >= 11 is 1.40. The molecule has 0 atom stereocenters. The lowest BCUT2D eigenvalue weighted by molar-refractivity contribution is -0.111. The van der Waals surface area contributed by atoms with E-state index in [1.807, 2.05) is 13.8 Å². The zero-order valence-corrected chi connectivity index (χ0v) is 7.96. The van der Waals surface area contributed by atoms with Crippen LogP contribution in [0.1, 0.15) is 33.1 Å². The van der Waals surface area contributed by atoms with Gasteiger partial charge in [-0.1, -0.05) is 18.7 Å². The second-order valence-electron chi connectivity index (χ2n) is 2.09. The Morgan fingerprint density at radius 1 is 1.55 bits per heavy atom. The Morgan fingerprint density at radius 3 is 2.82 bits per heavy atom. The minimum absolute atomic E-state index is 0.297. The molecule has 0 N–H and O–H groups in total. The zero-order chi connectivity index (χ0) is 8.53. The van der Waals surface area contributed by atoms with E-state index < -0.39 is 0 Å². The van der Waals surface area contributed by atoms with Crippen molar-refractivity contribution >= 4 is 16.9 Å². The van der Waals surface area contributed by atoms with Crippen LogP contribution < -0.4 is 0 Å². The molecule has 0 heterocycles. The van der Waals surface area contributed by atoms with Crippen molar-refractivity contribution in [3.05, 3.63) is 0 Å². The molecule has 0 aromatic rings. The summed E-state index contributed by atoms with van der Waals surface area (Å²) in [5, 5.41) is 0.297. The van der Waals surface area contributed by atoms with E-state index in [0.29, 0.717) is 11.5 Å². The van der Waals surface area contributed by atoms with Crippen LogP contribution in [0.5, 0.6) is 0 Å². The van der Waals surface area contributed by atoms with Gasteiger partial charge in [0, 0.05) is 12.8 Å². The molecule has 11 heavy (non-hydrogen) atoms. The minimum Gasteiger partial charge on any atom is -0.287 e. The Morgan fingerprint density at radius 2 is 2.27 bits per heavy atom. The molecule has 0 rings (SSSR count). The molecule has 2 heteroatoms. The fourth-order valence-electron chi connectivity index (χ4n) is 0.679. The van der Waals surface area contributed by atoms with Crippen LogP contribution >= 0.6 is 11.8 Å². The van der Waals surface area contributed by atoms with Gasteiger partial charge in [-0.3, -0.25) is 4.79 Å². The molecule has 1 nitrogen and oxygen atoms in total. The van der Waals surface area contributed by atoms with Crippen LogP contribution in [0.3, 0.4) is 0 Å². The van der Waals surface area contributed by atoms with Crippen LogP contribution in [0.4, 0.5) is 0 Å². The van der Waals surface area contributed by atoms with Gasteiger partial charge in [0.05, 0.1) is 0 Å². The van der Waals surface area contributed by atoms with Gasteiger partial charge in [-0.15, -0.1) is 11.8 Å². The van der Waals surface area contributed by atoms with Gasteiger partial charge in [-0.05, 0) is 19.1 Å². The third-order valence-corrected chi connectivity index (χ3v) is 1.98. The average Bonchev–Trinajstić information content (AvgIpc) is 1.99. The summed E-state index contributed by atoms with van der Waals surface area (Å²) in [5.41, 5.74) is 0. The molecule has 0 aliphatic carbocycles. The van der Waals surface area contributed by atoms with Crippen molar-refractivity contribution < 1.29 is 4.79 Å². The maximum atomic E-state index is 10.9. The molecule has 0 aromatic carbocycles. The predicted molar refractivity (Wildman–Crippen MR) is 50.4 cm³/mol. The summed E-state index contributed by atoms with van der Waals surface area (Å²) in [5.74, 6) is 6.63. The Balaban J connectivity index is 3.22. The summed E-state index contributed by atoms with van der Waals surface area (Å²) in [7, 11) is 0. The summed E-state index contributed by atoms with van der Waals surface area (Å²) in [6.07, 6.45) is 2.44. The van der Waals surface area contributed by atoms with Gasteiger partial charge in [-0.2, -0.15) is 0 Å². The number of rotatable bonds is 4. The third kappa shape index (κ3) is 7.48. The highest BCUT2D eigenvalue weighted by molar-refractivity contribution is 8.13. The Hall–Kier alpha value is -0.420. The normalized spacial score (nSPS) is 8.55. The Bertz CT molecular complexity index is 164.